The highest BCUT2D eigenvalue weighted by atomic mass is 16.4. The van der Waals surface area contributed by atoms with Gasteiger partial charge in [0.2, 0.25) is 0 Å². The fraction of sp³-hybridized carbons (Fsp3) is 0. The molecule has 0 unspecified atom stereocenters. The molecule has 1 rings (SSSR count). The van der Waals surface area contributed by atoms with Crippen molar-refractivity contribution in [2.24, 2.45) is 0 Å². The first-order valence-corrected chi connectivity index (χ1v) is 3.88. The minimum absolute atomic E-state index is 0.123. The maximum atomic E-state index is 10.7. The summed E-state index contributed by atoms with van der Waals surface area (Å²) in [4.78, 5) is 14.5. The molecule has 0 bridgehead atoms. The lowest BCUT2D eigenvalue weighted by molar-refractivity contribution is 0.0691. The Morgan fingerprint density at radius 1 is 1.50 bits per heavy atom. The van der Waals surface area contributed by atoms with Crippen LogP contribution in [0.5, 0.6) is 0 Å². The van der Waals surface area contributed by atoms with E-state index in [-0.39, 0.29) is 11.4 Å². The third-order valence-corrected chi connectivity index (χ3v) is 1.73. The van der Waals surface area contributed by atoms with E-state index < -0.39 is 5.97 Å². The number of nitrogens with two attached hydrogens (primary N) is 1. The van der Waals surface area contributed by atoms with Crippen molar-refractivity contribution in [2.75, 3.05) is 5.73 Å². The minimum Gasteiger partial charge on any atom is -0.476 e. The Hall–Kier alpha value is -2.10. The number of aromatic nitrogens is 1. The Balaban J connectivity index is 3.44. The third kappa shape index (κ3) is 1.64. The zero-order valence-electron chi connectivity index (χ0n) is 7.53. The zero-order valence-corrected chi connectivity index (χ0v) is 7.53. The van der Waals surface area contributed by atoms with Gasteiger partial charge in [-0.1, -0.05) is 19.2 Å². The first kappa shape index (κ1) is 9.98. The van der Waals surface area contributed by atoms with Gasteiger partial charge in [-0.05, 0) is 12.1 Å². The summed E-state index contributed by atoms with van der Waals surface area (Å²) in [5.74, 6) is -1.15. The molecule has 0 atom stereocenters. The average Bonchev–Trinajstić information content (AvgIpc) is 2.16. The van der Waals surface area contributed by atoms with Gasteiger partial charge in [0, 0.05) is 5.56 Å². The van der Waals surface area contributed by atoms with Crippen molar-refractivity contribution in [1.29, 1.82) is 0 Å². The molecule has 0 aliphatic carbocycles. The topological polar surface area (TPSA) is 76.2 Å². The second-order valence-corrected chi connectivity index (χ2v) is 2.61. The van der Waals surface area contributed by atoms with Crippen LogP contribution < -0.4 is 5.73 Å². The van der Waals surface area contributed by atoms with E-state index >= 15 is 0 Å². The lowest BCUT2D eigenvalue weighted by atomic mass is 10.1. The summed E-state index contributed by atoms with van der Waals surface area (Å²) in [6, 6.07) is 1.51. The normalized spacial score (nSPS) is 9.43. The fourth-order valence-electron chi connectivity index (χ4n) is 1.06. The number of carboxylic acid groups (broad SMARTS) is 1. The van der Waals surface area contributed by atoms with Gasteiger partial charge in [0.05, 0.1) is 11.4 Å². The molecule has 4 nitrogen and oxygen atoms in total. The van der Waals surface area contributed by atoms with Crippen LogP contribution in [0.4, 0.5) is 5.69 Å². The third-order valence-electron chi connectivity index (χ3n) is 1.73. The van der Waals surface area contributed by atoms with Gasteiger partial charge >= 0.3 is 5.97 Å². The molecule has 0 amide bonds. The first-order valence-electron chi connectivity index (χ1n) is 3.88. The molecule has 0 spiro atoms. The number of aromatic carboxylic acids is 1. The van der Waals surface area contributed by atoms with Crippen LogP contribution in [-0.2, 0) is 0 Å². The van der Waals surface area contributed by atoms with E-state index in [0.717, 1.165) is 0 Å². The van der Waals surface area contributed by atoms with Crippen molar-refractivity contribution in [3.05, 3.63) is 36.2 Å². The summed E-state index contributed by atoms with van der Waals surface area (Å²) < 4.78 is 0. The number of hydrogen-bond acceptors (Lipinski definition) is 3. The molecule has 0 aliphatic rings. The quantitative estimate of drug-likeness (QED) is 0.759. The molecule has 1 heterocycles. The van der Waals surface area contributed by atoms with Crippen LogP contribution in [0.3, 0.4) is 0 Å². The number of carboxylic acids is 1. The lowest BCUT2D eigenvalue weighted by Gasteiger charge is -2.04. The van der Waals surface area contributed by atoms with Crippen LogP contribution in [0.1, 0.15) is 21.7 Å². The molecule has 0 saturated heterocycles. The van der Waals surface area contributed by atoms with Crippen LogP contribution in [0.25, 0.3) is 12.2 Å². The maximum absolute atomic E-state index is 10.7. The van der Waals surface area contributed by atoms with Gasteiger partial charge in [-0.2, -0.15) is 0 Å². The van der Waals surface area contributed by atoms with E-state index in [1.807, 2.05) is 0 Å². The van der Waals surface area contributed by atoms with E-state index in [2.05, 4.69) is 18.1 Å². The van der Waals surface area contributed by atoms with E-state index in [1.165, 1.54) is 12.1 Å². The SMILES string of the molecule is C=Cc1cc(N)c(C(=O)O)nc1C=C. The molecular weight excluding hydrogens is 180 g/mol. The molecule has 1 aromatic rings. The van der Waals surface area contributed by atoms with Gasteiger partial charge in [0.15, 0.2) is 5.69 Å². The maximum Gasteiger partial charge on any atom is 0.356 e. The zero-order chi connectivity index (χ0) is 10.7. The highest BCUT2D eigenvalue weighted by Crippen LogP contribution is 2.17. The molecule has 0 fully saturated rings. The predicted molar refractivity (Wildman–Crippen MR) is 55.8 cm³/mol. The van der Waals surface area contributed by atoms with Crippen molar-refractivity contribution in [2.45, 2.75) is 0 Å². The number of pyridine rings is 1. The molecule has 1 aromatic heterocycles. The number of hydrogen-bond donors (Lipinski definition) is 2. The molecule has 4 heteroatoms. The molecule has 72 valence electrons. The number of nitrogens with zero attached hydrogens (tertiary/aromatic N) is 1. The van der Waals surface area contributed by atoms with Gasteiger partial charge < -0.3 is 10.8 Å². The van der Waals surface area contributed by atoms with E-state index in [9.17, 15) is 4.79 Å². The average molecular weight is 190 g/mol. The van der Waals surface area contributed by atoms with Gasteiger partial charge in [-0.15, -0.1) is 0 Å². The van der Waals surface area contributed by atoms with Crippen molar-refractivity contribution >= 4 is 23.8 Å². The Kier molecular flexibility index (Phi) is 2.67. The van der Waals surface area contributed by atoms with Crippen LogP contribution >= 0.6 is 0 Å². The smallest absolute Gasteiger partial charge is 0.356 e. The molecular formula is C10H10N2O2. The first-order chi connectivity index (χ1) is 6.60. The number of rotatable bonds is 3. The van der Waals surface area contributed by atoms with E-state index in [1.54, 1.807) is 6.08 Å². The van der Waals surface area contributed by atoms with Crippen LogP contribution in [-0.4, -0.2) is 16.1 Å². The summed E-state index contributed by atoms with van der Waals surface area (Å²) in [5.41, 5.74) is 6.59. The van der Waals surface area contributed by atoms with E-state index in [0.29, 0.717) is 11.3 Å². The number of carbonyl (C=O) groups is 1. The highest BCUT2D eigenvalue weighted by Gasteiger charge is 2.11. The molecule has 14 heavy (non-hydrogen) atoms. The summed E-state index contributed by atoms with van der Waals surface area (Å²) in [7, 11) is 0. The van der Waals surface area contributed by atoms with Crippen molar-refractivity contribution in [3.8, 4) is 0 Å². The molecule has 0 saturated carbocycles. The Morgan fingerprint density at radius 2 is 2.14 bits per heavy atom. The van der Waals surface area contributed by atoms with Crippen molar-refractivity contribution in [1.82, 2.24) is 4.98 Å². The van der Waals surface area contributed by atoms with Crippen LogP contribution in [0.2, 0.25) is 0 Å². The minimum atomic E-state index is -1.15. The number of nitrogen functional groups attached to an aromatic ring is 1. The fourth-order valence-corrected chi connectivity index (χ4v) is 1.06. The largest absolute Gasteiger partial charge is 0.476 e. The van der Waals surface area contributed by atoms with Crippen LogP contribution in [0, 0.1) is 0 Å². The Morgan fingerprint density at radius 3 is 2.57 bits per heavy atom. The molecule has 0 aromatic carbocycles. The highest BCUT2D eigenvalue weighted by molar-refractivity contribution is 5.92. The summed E-state index contributed by atoms with van der Waals surface area (Å²) in [6.07, 6.45) is 3.01. The Bertz CT molecular complexity index is 411. The van der Waals surface area contributed by atoms with Gasteiger partial charge in [0.25, 0.3) is 0 Å². The second kappa shape index (κ2) is 3.74. The number of anilines is 1. The van der Waals surface area contributed by atoms with Gasteiger partial charge in [-0.25, -0.2) is 9.78 Å². The lowest BCUT2D eigenvalue weighted by Crippen LogP contribution is -2.07. The van der Waals surface area contributed by atoms with Gasteiger partial charge in [-0.3, -0.25) is 0 Å². The molecule has 0 aliphatic heterocycles. The Labute approximate surface area is 81.4 Å². The van der Waals surface area contributed by atoms with E-state index in [4.69, 9.17) is 10.8 Å². The predicted octanol–water partition coefficient (Wildman–Crippen LogP) is 1.65. The summed E-state index contributed by atoms with van der Waals surface area (Å²) in [6.45, 7) is 7.09. The molecule has 3 N–H and O–H groups in total. The standard InChI is InChI=1S/C10H10N2O2/c1-3-6-5-7(11)9(10(13)14)12-8(6)4-2/h3-5H,1-2,11H2,(H,13,14). The van der Waals surface area contributed by atoms with Crippen LogP contribution in [0.15, 0.2) is 19.2 Å². The van der Waals surface area contributed by atoms with Gasteiger partial charge in [0.1, 0.15) is 0 Å². The summed E-state index contributed by atoms with van der Waals surface area (Å²) >= 11 is 0. The monoisotopic (exact) mass is 190 g/mol. The molecule has 0 radical (unpaired) electrons. The van der Waals surface area contributed by atoms with Crippen molar-refractivity contribution < 1.29 is 9.90 Å². The summed E-state index contributed by atoms with van der Waals surface area (Å²) in [5, 5.41) is 8.75. The second-order valence-electron chi connectivity index (χ2n) is 2.61. The van der Waals surface area contributed by atoms with Crippen molar-refractivity contribution in [3.63, 3.8) is 0 Å².